The number of hydrogen-bond acceptors (Lipinski definition) is 3. The van der Waals surface area contributed by atoms with Gasteiger partial charge in [-0.05, 0) is 148 Å². The van der Waals surface area contributed by atoms with Crippen molar-refractivity contribution in [2.24, 2.45) is 0 Å². The second-order valence-corrected chi connectivity index (χ2v) is 39.9. The van der Waals surface area contributed by atoms with E-state index < -0.39 is 16.1 Å². The predicted octanol–water partition coefficient (Wildman–Crippen LogP) is 16.3. The molecule has 6 heteroatoms. The maximum atomic E-state index is 3.00. The Bertz CT molecular complexity index is 3600. The molecule has 390 valence electrons. The van der Waals surface area contributed by atoms with Gasteiger partial charge in [0.15, 0.2) is 0 Å². The predicted molar refractivity (Wildman–Crippen MR) is 338 cm³/mol. The van der Waals surface area contributed by atoms with Crippen LogP contribution in [-0.4, -0.2) is 33.9 Å². The molecule has 0 N–H and O–H groups in total. The highest BCUT2D eigenvalue weighted by molar-refractivity contribution is 7.01. The maximum absolute atomic E-state index is 3.00. The summed E-state index contributed by atoms with van der Waals surface area (Å²) in [6, 6.07) is 50.0. The van der Waals surface area contributed by atoms with Crippen LogP contribution in [0, 0.1) is 0 Å². The second kappa shape index (κ2) is 16.2. The van der Waals surface area contributed by atoms with Gasteiger partial charge in [0, 0.05) is 50.5 Å². The van der Waals surface area contributed by atoms with E-state index in [2.05, 4.69) is 245 Å². The van der Waals surface area contributed by atoms with Crippen LogP contribution in [0.3, 0.4) is 0 Å². The summed E-state index contributed by atoms with van der Waals surface area (Å²) in [5.41, 5.74) is 22.3. The SMILES string of the molecule is CC(C)(C)c1ccc2c(c1)B1c3cc([Si](C)(C)C)cc4c3N(c3cc(N5c6ccc([Si](C)(C)C)cc6C6(C)CCCCC56C)cc(c31)N2c1ccc(C(C)(C)C)cc1-c1ccc2ccccc2c1)C1(C)CCCCC41C. The van der Waals surface area contributed by atoms with E-state index in [1.165, 1.54) is 141 Å². The fraction of sp³-hybridized carbons (Fsp3) is 0.429. The number of hydrogen-bond donors (Lipinski definition) is 0. The molecule has 13 rings (SSSR count). The van der Waals surface area contributed by atoms with Crippen LogP contribution in [0.2, 0.25) is 39.3 Å². The van der Waals surface area contributed by atoms with Gasteiger partial charge in [-0.2, -0.15) is 0 Å². The molecule has 6 aliphatic rings. The zero-order chi connectivity index (χ0) is 53.7. The Morgan fingerprint density at radius 2 is 1.03 bits per heavy atom. The third-order valence-corrected chi connectivity index (χ3v) is 25.2. The first-order valence-electron chi connectivity index (χ1n) is 29.4. The average molecular weight is 1030 g/mol. The number of benzene rings is 7. The van der Waals surface area contributed by atoms with Crippen molar-refractivity contribution in [2.45, 2.75) is 193 Å². The molecule has 0 aromatic heterocycles. The van der Waals surface area contributed by atoms with Crippen molar-refractivity contribution in [3.63, 3.8) is 0 Å². The normalized spacial score (nSPS) is 24.5. The zero-order valence-electron chi connectivity index (χ0n) is 49.1. The van der Waals surface area contributed by atoms with Crippen LogP contribution in [0.1, 0.15) is 143 Å². The molecule has 0 saturated heterocycles. The molecule has 0 radical (unpaired) electrons. The molecular weight excluding hydrogens is 950 g/mol. The van der Waals surface area contributed by atoms with E-state index in [4.69, 9.17) is 0 Å². The summed E-state index contributed by atoms with van der Waals surface area (Å²) >= 11 is 0. The van der Waals surface area contributed by atoms with Gasteiger partial charge in [0.25, 0.3) is 6.71 Å². The van der Waals surface area contributed by atoms with Crippen molar-refractivity contribution in [2.75, 3.05) is 14.7 Å². The van der Waals surface area contributed by atoms with Gasteiger partial charge >= 0.3 is 0 Å². The standard InChI is InChI=1S/C70H84BN3Si2/c1-65(2,3)48-27-30-58(53(38-48)47-26-25-45-23-17-18-24-46(45)37-47)72-60-31-28-49(66(4,5)6)39-56(60)71-57-44-52(76(14,15)16)43-55-64(57)74(70(10)36-22-20-34-68(55,70)8)62-41-50(40-61(72)63(62)71)73-59-32-29-51(75(11,12)13)42-54(59)67(7)33-19-21-35-69(67,73)9/h17-18,23-32,37-44H,19-22,33-36H2,1-16H3. The monoisotopic (exact) mass is 1030 g/mol. The Hall–Kier alpha value is -5.30. The fourth-order valence-electron chi connectivity index (χ4n) is 16.0. The molecule has 0 bridgehead atoms. The lowest BCUT2D eigenvalue weighted by Gasteiger charge is -2.54. The summed E-state index contributed by atoms with van der Waals surface area (Å²) < 4.78 is 0. The minimum Gasteiger partial charge on any atom is -0.335 e. The van der Waals surface area contributed by atoms with Gasteiger partial charge in [0.2, 0.25) is 0 Å². The van der Waals surface area contributed by atoms with Crippen LogP contribution in [0.4, 0.5) is 39.8 Å². The summed E-state index contributed by atoms with van der Waals surface area (Å²) in [6.45, 7) is 40.4. The van der Waals surface area contributed by atoms with E-state index in [1.807, 2.05) is 0 Å². The Balaban J connectivity index is 1.19. The molecule has 4 aliphatic heterocycles. The molecule has 2 fully saturated rings. The average Bonchev–Trinajstić information content (AvgIpc) is 3.87. The van der Waals surface area contributed by atoms with E-state index in [1.54, 1.807) is 21.5 Å². The van der Waals surface area contributed by atoms with Crippen molar-refractivity contribution in [1.82, 2.24) is 0 Å². The van der Waals surface area contributed by atoms with Gasteiger partial charge in [0.05, 0.1) is 32.9 Å². The lowest BCUT2D eigenvalue weighted by molar-refractivity contribution is 0.194. The highest BCUT2D eigenvalue weighted by atomic mass is 28.3. The molecule has 7 aromatic carbocycles. The first-order chi connectivity index (χ1) is 35.7. The van der Waals surface area contributed by atoms with Crippen LogP contribution in [0.5, 0.6) is 0 Å². The fourth-order valence-corrected chi connectivity index (χ4v) is 18.3. The van der Waals surface area contributed by atoms with Crippen molar-refractivity contribution < 1.29 is 0 Å². The first-order valence-corrected chi connectivity index (χ1v) is 36.4. The maximum Gasteiger partial charge on any atom is 0.252 e. The first kappa shape index (κ1) is 50.2. The Labute approximate surface area is 459 Å². The molecule has 0 amide bonds. The van der Waals surface area contributed by atoms with Gasteiger partial charge in [0.1, 0.15) is 0 Å². The summed E-state index contributed by atoms with van der Waals surface area (Å²) in [6.07, 6.45) is 9.85. The summed E-state index contributed by atoms with van der Waals surface area (Å²) in [7, 11) is -3.40. The summed E-state index contributed by atoms with van der Waals surface area (Å²) in [4.78, 5) is 8.69. The van der Waals surface area contributed by atoms with Gasteiger partial charge in [-0.25, -0.2) is 0 Å². The molecule has 4 heterocycles. The minimum atomic E-state index is -1.79. The molecule has 4 unspecified atom stereocenters. The number of nitrogens with zero attached hydrogens (tertiary/aromatic N) is 3. The molecule has 76 heavy (non-hydrogen) atoms. The molecule has 2 saturated carbocycles. The van der Waals surface area contributed by atoms with E-state index in [0.29, 0.717) is 0 Å². The van der Waals surface area contributed by atoms with E-state index in [-0.39, 0.29) is 39.5 Å². The zero-order valence-corrected chi connectivity index (χ0v) is 51.1. The molecule has 7 aromatic rings. The van der Waals surface area contributed by atoms with Crippen molar-refractivity contribution in [3.8, 4) is 11.1 Å². The summed E-state index contributed by atoms with van der Waals surface area (Å²) in [5, 5.41) is 5.73. The Morgan fingerprint density at radius 3 is 1.68 bits per heavy atom. The Kier molecular flexibility index (Phi) is 10.7. The number of rotatable bonds is 5. The van der Waals surface area contributed by atoms with E-state index in [0.717, 1.165) is 0 Å². The van der Waals surface area contributed by atoms with Gasteiger partial charge in [-0.15, -0.1) is 0 Å². The van der Waals surface area contributed by atoms with E-state index >= 15 is 0 Å². The molecular formula is C70H84BN3Si2. The molecule has 4 atom stereocenters. The van der Waals surface area contributed by atoms with Crippen LogP contribution in [0.25, 0.3) is 21.9 Å². The summed E-state index contributed by atoms with van der Waals surface area (Å²) in [5.74, 6) is 0. The third-order valence-electron chi connectivity index (χ3n) is 21.1. The quantitative estimate of drug-likeness (QED) is 0.159. The van der Waals surface area contributed by atoms with Crippen LogP contribution >= 0.6 is 0 Å². The topological polar surface area (TPSA) is 9.72 Å². The third kappa shape index (κ3) is 6.89. The van der Waals surface area contributed by atoms with Gasteiger partial charge in [-0.1, -0.05) is 210 Å². The van der Waals surface area contributed by atoms with Crippen molar-refractivity contribution in [3.05, 3.63) is 144 Å². The van der Waals surface area contributed by atoms with Crippen LogP contribution < -0.4 is 41.5 Å². The second-order valence-electron chi connectivity index (χ2n) is 29.7. The minimum absolute atomic E-state index is 0.00456. The smallest absolute Gasteiger partial charge is 0.252 e. The highest BCUT2D eigenvalue weighted by Crippen LogP contribution is 2.65. The number of fused-ring (bicyclic) bond motifs is 11. The van der Waals surface area contributed by atoms with Gasteiger partial charge < -0.3 is 14.7 Å². The molecule has 3 nitrogen and oxygen atoms in total. The Morgan fingerprint density at radius 1 is 0.461 bits per heavy atom. The molecule has 0 spiro atoms. The van der Waals surface area contributed by atoms with Crippen molar-refractivity contribution in [1.29, 1.82) is 0 Å². The van der Waals surface area contributed by atoms with Crippen LogP contribution in [-0.2, 0) is 21.7 Å². The van der Waals surface area contributed by atoms with Gasteiger partial charge in [-0.3, -0.25) is 0 Å². The molecule has 2 aliphatic carbocycles. The highest BCUT2D eigenvalue weighted by Gasteiger charge is 2.63. The lowest BCUT2D eigenvalue weighted by Crippen LogP contribution is -2.65. The largest absolute Gasteiger partial charge is 0.335 e. The number of anilines is 7. The van der Waals surface area contributed by atoms with Crippen molar-refractivity contribution >= 4 is 100 Å². The lowest BCUT2D eigenvalue weighted by atomic mass is 9.33. The van der Waals surface area contributed by atoms with Crippen LogP contribution in [0.15, 0.2) is 121 Å². The van der Waals surface area contributed by atoms with E-state index in [9.17, 15) is 0 Å².